The molecule has 2 heterocycles. The number of carboxylic acid groups (broad SMARTS) is 1. The zero-order valence-corrected chi connectivity index (χ0v) is 11.3. The van der Waals surface area contributed by atoms with Gasteiger partial charge in [-0.25, -0.2) is 9.78 Å². The topological polar surface area (TPSA) is 53.4 Å². The van der Waals surface area contributed by atoms with Gasteiger partial charge >= 0.3 is 5.97 Å². The van der Waals surface area contributed by atoms with Gasteiger partial charge in [-0.3, -0.25) is 0 Å². The van der Waals surface area contributed by atoms with Crippen LogP contribution in [0.4, 0.5) is 5.82 Å². The summed E-state index contributed by atoms with van der Waals surface area (Å²) in [4.78, 5) is 17.6. The number of anilines is 1. The van der Waals surface area contributed by atoms with E-state index in [4.69, 9.17) is 16.7 Å². The number of carbonyl (C=O) groups is 1. The molecule has 18 heavy (non-hydrogen) atoms. The molecular weight excluding hydrogens is 252 g/mol. The average Bonchev–Trinajstić information content (AvgIpc) is 2.30. The second-order valence-corrected chi connectivity index (χ2v) is 5.27. The highest BCUT2D eigenvalue weighted by atomic mass is 35.5. The van der Waals surface area contributed by atoms with Crippen molar-refractivity contribution in [2.45, 2.75) is 45.2 Å². The number of halogens is 1. The number of rotatable bonds is 2. The lowest BCUT2D eigenvalue weighted by molar-refractivity contribution is 0.0697. The minimum absolute atomic E-state index is 0.117. The van der Waals surface area contributed by atoms with E-state index in [1.807, 2.05) is 0 Å². The Hall–Kier alpha value is -1.29. The van der Waals surface area contributed by atoms with E-state index < -0.39 is 5.97 Å². The van der Waals surface area contributed by atoms with Crippen LogP contribution < -0.4 is 4.90 Å². The molecule has 5 heteroatoms. The van der Waals surface area contributed by atoms with E-state index in [2.05, 4.69) is 23.7 Å². The number of piperidine rings is 1. The van der Waals surface area contributed by atoms with E-state index in [-0.39, 0.29) is 10.6 Å². The Bertz CT molecular complexity index is 454. The van der Waals surface area contributed by atoms with Crippen LogP contribution in [0.1, 0.15) is 43.5 Å². The zero-order chi connectivity index (χ0) is 13.3. The van der Waals surface area contributed by atoms with E-state index in [9.17, 15) is 4.79 Å². The molecule has 1 aliphatic heterocycles. The third kappa shape index (κ3) is 2.43. The van der Waals surface area contributed by atoms with Gasteiger partial charge in [0.1, 0.15) is 5.82 Å². The van der Waals surface area contributed by atoms with Gasteiger partial charge in [-0.1, -0.05) is 11.6 Å². The molecule has 1 aromatic heterocycles. The number of nitrogens with zero attached hydrogens (tertiary/aromatic N) is 2. The maximum absolute atomic E-state index is 11.1. The van der Waals surface area contributed by atoms with Crippen LogP contribution in [0.3, 0.4) is 0 Å². The van der Waals surface area contributed by atoms with Crippen molar-refractivity contribution in [3.05, 3.63) is 22.8 Å². The molecule has 4 nitrogen and oxygen atoms in total. The minimum Gasteiger partial charge on any atom is -0.478 e. The molecule has 0 spiro atoms. The van der Waals surface area contributed by atoms with E-state index in [1.165, 1.54) is 12.6 Å². The van der Waals surface area contributed by atoms with Gasteiger partial charge in [0.25, 0.3) is 0 Å². The predicted octanol–water partition coefficient (Wildman–Crippen LogP) is 3.20. The number of hydrogen-bond acceptors (Lipinski definition) is 3. The monoisotopic (exact) mass is 268 g/mol. The Morgan fingerprint density at radius 3 is 2.61 bits per heavy atom. The molecule has 98 valence electrons. The summed E-state index contributed by atoms with van der Waals surface area (Å²) < 4.78 is 0. The SMILES string of the molecule is CC1CCCC(C)N1c1cc(C(=O)O)c(Cl)cn1. The lowest BCUT2D eigenvalue weighted by atomic mass is 9.97. The molecule has 1 N–H and O–H groups in total. The molecule has 0 amide bonds. The van der Waals surface area contributed by atoms with Gasteiger partial charge in [0.2, 0.25) is 0 Å². The summed E-state index contributed by atoms with van der Waals surface area (Å²) in [5.74, 6) is -0.308. The fraction of sp³-hybridized carbons (Fsp3) is 0.538. The molecule has 2 rings (SSSR count). The average molecular weight is 269 g/mol. The standard InChI is InChI=1S/C13H17ClN2O2/c1-8-4-3-5-9(2)16(8)12-6-10(13(17)18)11(14)7-15-12/h6-9H,3-5H2,1-2H3,(H,17,18). The van der Waals surface area contributed by atoms with Gasteiger partial charge in [0, 0.05) is 18.3 Å². The fourth-order valence-corrected chi connectivity index (χ4v) is 2.79. The molecular formula is C13H17ClN2O2. The molecule has 1 aliphatic rings. The van der Waals surface area contributed by atoms with E-state index in [0.717, 1.165) is 12.8 Å². The van der Waals surface area contributed by atoms with Crippen molar-refractivity contribution >= 4 is 23.4 Å². The van der Waals surface area contributed by atoms with Crippen LogP contribution in [-0.2, 0) is 0 Å². The Morgan fingerprint density at radius 2 is 2.06 bits per heavy atom. The number of carboxylic acids is 1. The molecule has 0 aromatic carbocycles. The molecule has 2 atom stereocenters. The van der Waals surface area contributed by atoms with Crippen molar-refractivity contribution in [2.24, 2.45) is 0 Å². The van der Waals surface area contributed by atoms with E-state index in [1.54, 1.807) is 6.07 Å². The summed E-state index contributed by atoms with van der Waals surface area (Å²) in [5, 5.41) is 9.27. The molecule has 1 saturated heterocycles. The van der Waals surface area contributed by atoms with Crippen LogP contribution in [0, 0.1) is 0 Å². The maximum atomic E-state index is 11.1. The lowest BCUT2D eigenvalue weighted by Crippen LogP contribution is -2.44. The quantitative estimate of drug-likeness (QED) is 0.895. The molecule has 0 aliphatic carbocycles. The van der Waals surface area contributed by atoms with Crippen molar-refractivity contribution in [3.63, 3.8) is 0 Å². The maximum Gasteiger partial charge on any atom is 0.337 e. The molecule has 0 radical (unpaired) electrons. The number of aromatic carboxylic acids is 1. The van der Waals surface area contributed by atoms with Gasteiger partial charge < -0.3 is 10.0 Å². The van der Waals surface area contributed by atoms with Crippen LogP contribution in [0.5, 0.6) is 0 Å². The highest BCUT2D eigenvalue weighted by Crippen LogP contribution is 2.29. The van der Waals surface area contributed by atoms with Crippen molar-refractivity contribution in [2.75, 3.05) is 4.90 Å². The Kier molecular flexibility index (Phi) is 3.76. The van der Waals surface area contributed by atoms with Crippen molar-refractivity contribution in [1.82, 2.24) is 4.98 Å². The highest BCUT2D eigenvalue weighted by Gasteiger charge is 2.26. The van der Waals surface area contributed by atoms with Crippen LogP contribution in [0.15, 0.2) is 12.3 Å². The molecule has 1 aromatic rings. The first-order valence-electron chi connectivity index (χ1n) is 6.18. The van der Waals surface area contributed by atoms with Crippen LogP contribution >= 0.6 is 11.6 Å². The summed E-state index contributed by atoms with van der Waals surface area (Å²) >= 11 is 5.84. The van der Waals surface area contributed by atoms with Crippen molar-refractivity contribution in [3.8, 4) is 0 Å². The van der Waals surface area contributed by atoms with Crippen LogP contribution in [0.25, 0.3) is 0 Å². The first-order chi connectivity index (χ1) is 8.50. The summed E-state index contributed by atoms with van der Waals surface area (Å²) in [5.41, 5.74) is 0.117. The van der Waals surface area contributed by atoms with Gasteiger partial charge in [-0.05, 0) is 39.2 Å². The smallest absolute Gasteiger partial charge is 0.337 e. The van der Waals surface area contributed by atoms with Crippen molar-refractivity contribution < 1.29 is 9.90 Å². The predicted molar refractivity (Wildman–Crippen MR) is 71.5 cm³/mol. The summed E-state index contributed by atoms with van der Waals surface area (Å²) in [6.07, 6.45) is 4.85. The summed E-state index contributed by atoms with van der Waals surface area (Å²) in [7, 11) is 0. The lowest BCUT2D eigenvalue weighted by Gasteiger charge is -2.40. The van der Waals surface area contributed by atoms with Crippen LogP contribution in [-0.4, -0.2) is 28.1 Å². The van der Waals surface area contributed by atoms with Crippen molar-refractivity contribution in [1.29, 1.82) is 0 Å². The third-order valence-electron chi connectivity index (χ3n) is 3.53. The summed E-state index contributed by atoms with van der Waals surface area (Å²) in [6.45, 7) is 4.29. The summed E-state index contributed by atoms with van der Waals surface area (Å²) in [6, 6.07) is 2.33. The number of pyridine rings is 1. The molecule has 0 saturated carbocycles. The van der Waals surface area contributed by atoms with Gasteiger partial charge in [-0.2, -0.15) is 0 Å². The number of aromatic nitrogens is 1. The molecule has 2 unspecified atom stereocenters. The minimum atomic E-state index is -1.01. The molecule has 0 bridgehead atoms. The second kappa shape index (κ2) is 5.14. The highest BCUT2D eigenvalue weighted by molar-refractivity contribution is 6.33. The van der Waals surface area contributed by atoms with Gasteiger partial charge in [-0.15, -0.1) is 0 Å². The fourth-order valence-electron chi connectivity index (χ4n) is 2.61. The van der Waals surface area contributed by atoms with E-state index >= 15 is 0 Å². The Morgan fingerprint density at radius 1 is 1.44 bits per heavy atom. The first-order valence-corrected chi connectivity index (χ1v) is 6.55. The van der Waals surface area contributed by atoms with E-state index in [0.29, 0.717) is 17.9 Å². The number of hydrogen-bond donors (Lipinski definition) is 1. The Labute approximate surface area is 112 Å². The molecule has 1 fully saturated rings. The van der Waals surface area contributed by atoms with Gasteiger partial charge in [0.15, 0.2) is 0 Å². The van der Waals surface area contributed by atoms with Crippen LogP contribution in [0.2, 0.25) is 5.02 Å². The third-order valence-corrected chi connectivity index (χ3v) is 3.83. The zero-order valence-electron chi connectivity index (χ0n) is 10.6. The van der Waals surface area contributed by atoms with Gasteiger partial charge in [0.05, 0.1) is 10.6 Å². The second-order valence-electron chi connectivity index (χ2n) is 4.86. The normalized spacial score (nSPS) is 24.1. The largest absolute Gasteiger partial charge is 0.478 e. The first kappa shape index (κ1) is 13.1. The Balaban J connectivity index is 2.38.